The molecule has 0 unspecified atom stereocenters. The summed E-state index contributed by atoms with van der Waals surface area (Å²) in [6, 6.07) is 14.4. The van der Waals surface area contributed by atoms with Gasteiger partial charge in [0.25, 0.3) is 0 Å². The molecule has 0 saturated carbocycles. The van der Waals surface area contributed by atoms with Crippen molar-refractivity contribution in [2.24, 2.45) is 0 Å². The molecule has 0 spiro atoms. The number of para-hydroxylation sites is 1. The van der Waals surface area contributed by atoms with Crippen LogP contribution in [0.5, 0.6) is 11.5 Å². The molecule has 2 aliphatic rings. The van der Waals surface area contributed by atoms with Crippen molar-refractivity contribution in [3.05, 3.63) is 65.4 Å². The Hall–Kier alpha value is -3.72. The molecule has 2 aliphatic heterocycles. The number of rotatable bonds is 8. The Bertz CT molecular complexity index is 1090. The molecular weight excluding hydrogens is 448 g/mol. The first-order valence-electron chi connectivity index (χ1n) is 11.8. The van der Waals surface area contributed by atoms with E-state index in [9.17, 15) is 9.59 Å². The van der Waals surface area contributed by atoms with Crippen LogP contribution >= 0.6 is 0 Å². The van der Waals surface area contributed by atoms with Gasteiger partial charge in [-0.2, -0.15) is 0 Å². The number of piperazine rings is 1. The van der Waals surface area contributed by atoms with Gasteiger partial charge in [-0.3, -0.25) is 4.90 Å². The topological polar surface area (TPSA) is 92.4 Å². The minimum Gasteiger partial charge on any atom is -0.497 e. The van der Waals surface area contributed by atoms with Gasteiger partial charge in [-0.05, 0) is 25.1 Å². The summed E-state index contributed by atoms with van der Waals surface area (Å²) in [5.74, 6) is 0.960. The van der Waals surface area contributed by atoms with Gasteiger partial charge in [0.2, 0.25) is 0 Å². The average molecular weight is 481 g/mol. The summed E-state index contributed by atoms with van der Waals surface area (Å²) in [6.07, 6.45) is 0. The molecule has 2 aromatic carbocycles. The van der Waals surface area contributed by atoms with Gasteiger partial charge in [-0.1, -0.05) is 24.3 Å². The smallest absolute Gasteiger partial charge is 0.338 e. The Balaban J connectivity index is 1.56. The fourth-order valence-electron chi connectivity index (χ4n) is 4.53. The number of carbonyl (C=O) groups excluding carboxylic acids is 2. The summed E-state index contributed by atoms with van der Waals surface area (Å²) in [6.45, 7) is 5.98. The van der Waals surface area contributed by atoms with Crippen LogP contribution in [0.15, 0.2) is 59.8 Å². The van der Waals surface area contributed by atoms with E-state index >= 15 is 0 Å². The van der Waals surface area contributed by atoms with E-state index in [1.807, 2.05) is 49.4 Å². The van der Waals surface area contributed by atoms with Crippen LogP contribution in [-0.4, -0.2) is 70.5 Å². The van der Waals surface area contributed by atoms with E-state index in [4.69, 9.17) is 14.2 Å². The van der Waals surface area contributed by atoms with Gasteiger partial charge in [0.05, 0.1) is 32.4 Å². The number of carbonyl (C=O) groups is 2. The second-order valence-electron chi connectivity index (χ2n) is 8.35. The predicted octanol–water partition coefficient (Wildman–Crippen LogP) is 2.70. The second kappa shape index (κ2) is 11.1. The molecule has 0 bridgehead atoms. The first-order chi connectivity index (χ1) is 17.0. The highest BCUT2D eigenvalue weighted by Gasteiger charge is 2.35. The number of nitrogens with one attached hydrogen (secondary N) is 2. The third-order valence-corrected chi connectivity index (χ3v) is 6.26. The van der Waals surface area contributed by atoms with Crippen LogP contribution in [0.25, 0.3) is 0 Å². The van der Waals surface area contributed by atoms with Crippen molar-refractivity contribution in [3.63, 3.8) is 0 Å². The third-order valence-electron chi connectivity index (χ3n) is 6.26. The minimum absolute atomic E-state index is 0.362. The van der Waals surface area contributed by atoms with Crippen molar-refractivity contribution in [1.29, 1.82) is 0 Å². The maximum Gasteiger partial charge on any atom is 0.338 e. The fraction of sp³-hybridized carbons (Fsp3) is 0.385. The van der Waals surface area contributed by atoms with Crippen LogP contribution in [0.3, 0.4) is 0 Å². The summed E-state index contributed by atoms with van der Waals surface area (Å²) < 4.78 is 16.2. The molecule has 0 radical (unpaired) electrons. The van der Waals surface area contributed by atoms with E-state index in [1.165, 1.54) is 7.11 Å². The molecule has 2 amide bonds. The molecule has 1 atom stereocenters. The Labute approximate surface area is 205 Å². The maximum absolute atomic E-state index is 12.9. The van der Waals surface area contributed by atoms with Gasteiger partial charge in [-0.25, -0.2) is 9.59 Å². The molecule has 2 N–H and O–H groups in total. The summed E-state index contributed by atoms with van der Waals surface area (Å²) >= 11 is 0. The summed E-state index contributed by atoms with van der Waals surface area (Å²) in [5, 5.41) is 5.73. The maximum atomic E-state index is 12.9. The third kappa shape index (κ3) is 5.51. The Morgan fingerprint density at radius 3 is 2.54 bits per heavy atom. The van der Waals surface area contributed by atoms with Gasteiger partial charge in [0.15, 0.2) is 0 Å². The van der Waals surface area contributed by atoms with Crippen LogP contribution < -0.4 is 25.0 Å². The second-order valence-corrected chi connectivity index (χ2v) is 8.35. The number of nitrogens with zero attached hydrogens (tertiary/aromatic N) is 2. The number of hydrogen-bond acceptors (Lipinski definition) is 7. The molecule has 0 aliphatic carbocycles. The number of benzene rings is 2. The lowest BCUT2D eigenvalue weighted by molar-refractivity contribution is -0.136. The Morgan fingerprint density at radius 1 is 1.06 bits per heavy atom. The van der Waals surface area contributed by atoms with E-state index in [-0.39, 0.29) is 6.03 Å². The van der Waals surface area contributed by atoms with Crippen LogP contribution in [-0.2, 0) is 9.53 Å². The minimum atomic E-state index is -0.674. The molecule has 2 aromatic rings. The van der Waals surface area contributed by atoms with E-state index in [0.29, 0.717) is 35.7 Å². The number of anilines is 1. The average Bonchev–Trinajstić information content (AvgIpc) is 2.89. The number of urea groups is 1. The number of hydrogen-bond donors (Lipinski definition) is 2. The fourth-order valence-corrected chi connectivity index (χ4v) is 4.53. The van der Waals surface area contributed by atoms with Crippen molar-refractivity contribution in [3.8, 4) is 11.5 Å². The van der Waals surface area contributed by atoms with Crippen molar-refractivity contribution in [2.75, 3.05) is 58.5 Å². The van der Waals surface area contributed by atoms with Crippen molar-refractivity contribution in [2.45, 2.75) is 13.0 Å². The first-order valence-corrected chi connectivity index (χ1v) is 11.8. The lowest BCUT2D eigenvalue weighted by atomic mass is 9.94. The highest BCUT2D eigenvalue weighted by atomic mass is 16.5. The highest BCUT2D eigenvalue weighted by Crippen LogP contribution is 2.34. The molecule has 9 heteroatoms. The van der Waals surface area contributed by atoms with Gasteiger partial charge >= 0.3 is 12.0 Å². The molecule has 186 valence electrons. The zero-order valence-electron chi connectivity index (χ0n) is 20.4. The lowest BCUT2D eigenvalue weighted by Crippen LogP contribution is -2.51. The molecule has 4 rings (SSSR count). The van der Waals surface area contributed by atoms with E-state index in [2.05, 4.69) is 26.5 Å². The van der Waals surface area contributed by atoms with Crippen molar-refractivity contribution >= 4 is 17.7 Å². The molecule has 0 aromatic heterocycles. The summed E-state index contributed by atoms with van der Waals surface area (Å²) in [5.41, 5.74) is 2.76. The number of ether oxygens (including phenoxy) is 3. The molecule has 1 saturated heterocycles. The van der Waals surface area contributed by atoms with E-state index in [1.54, 1.807) is 7.11 Å². The Kier molecular flexibility index (Phi) is 7.77. The van der Waals surface area contributed by atoms with Gasteiger partial charge in [0, 0.05) is 55.7 Å². The highest BCUT2D eigenvalue weighted by molar-refractivity contribution is 5.95. The molecule has 9 nitrogen and oxygen atoms in total. The number of esters is 1. The SMILES string of the molecule is CCOc1ccccc1[C@@H]1NC(=O)NC(CN2CCN(c3cccc(OC)c3)CC2)=C1C(=O)OC. The summed E-state index contributed by atoms with van der Waals surface area (Å²) in [4.78, 5) is 30.1. The van der Waals surface area contributed by atoms with Crippen LogP contribution in [0.4, 0.5) is 10.5 Å². The largest absolute Gasteiger partial charge is 0.497 e. The predicted molar refractivity (Wildman–Crippen MR) is 133 cm³/mol. The summed E-state index contributed by atoms with van der Waals surface area (Å²) in [7, 11) is 3.01. The monoisotopic (exact) mass is 480 g/mol. The van der Waals surface area contributed by atoms with Crippen LogP contribution in [0.2, 0.25) is 0 Å². The van der Waals surface area contributed by atoms with Gasteiger partial charge in [-0.15, -0.1) is 0 Å². The molecular formula is C26H32N4O5. The normalized spacial score (nSPS) is 18.5. The van der Waals surface area contributed by atoms with Crippen LogP contribution in [0.1, 0.15) is 18.5 Å². The van der Waals surface area contributed by atoms with Crippen molar-refractivity contribution < 1.29 is 23.8 Å². The zero-order chi connectivity index (χ0) is 24.8. The quantitative estimate of drug-likeness (QED) is 0.562. The van der Waals surface area contributed by atoms with Crippen molar-refractivity contribution in [1.82, 2.24) is 15.5 Å². The van der Waals surface area contributed by atoms with Gasteiger partial charge in [0.1, 0.15) is 11.5 Å². The Morgan fingerprint density at radius 2 is 1.83 bits per heavy atom. The van der Waals surface area contributed by atoms with E-state index in [0.717, 1.165) is 37.6 Å². The van der Waals surface area contributed by atoms with Crippen LogP contribution in [0, 0.1) is 0 Å². The van der Waals surface area contributed by atoms with E-state index < -0.39 is 12.0 Å². The molecule has 1 fully saturated rings. The molecule has 35 heavy (non-hydrogen) atoms. The number of amides is 2. The number of methoxy groups -OCH3 is 2. The van der Waals surface area contributed by atoms with Gasteiger partial charge < -0.3 is 29.7 Å². The lowest BCUT2D eigenvalue weighted by Gasteiger charge is -2.38. The molecule has 2 heterocycles. The zero-order valence-corrected chi connectivity index (χ0v) is 20.4. The standard InChI is InChI=1S/C26H32N4O5/c1-4-35-22-11-6-5-10-20(22)24-23(25(31)34-3)21(27-26(32)28-24)17-29-12-14-30(15-13-29)18-8-7-9-19(16-18)33-2/h5-11,16,24H,4,12-15,17H2,1-3H3,(H2,27,28,32)/t24-/m0/s1. The first kappa shape index (κ1) is 24.4.